The molecule has 1 aliphatic heterocycles. The van der Waals surface area contributed by atoms with Crippen LogP contribution in [0.15, 0.2) is 29.2 Å². The first kappa shape index (κ1) is 22.9. The summed E-state index contributed by atoms with van der Waals surface area (Å²) >= 11 is 0. The normalized spacial score (nSPS) is 15.3. The molecule has 0 spiro atoms. The molecule has 0 aliphatic carbocycles. The zero-order chi connectivity index (χ0) is 18.1. The number of halogens is 1. The molecule has 2 rings (SSSR count). The van der Waals surface area contributed by atoms with E-state index in [0.29, 0.717) is 45.0 Å². The van der Waals surface area contributed by atoms with Gasteiger partial charge in [-0.25, -0.2) is 8.42 Å². The number of morpholine rings is 1. The van der Waals surface area contributed by atoms with Crippen LogP contribution in [-0.2, 0) is 19.6 Å². The number of hydrogen-bond donors (Lipinski definition) is 2. The van der Waals surface area contributed by atoms with Gasteiger partial charge in [0.2, 0.25) is 15.9 Å². The molecule has 1 saturated heterocycles. The molecule has 1 aromatic carbocycles. The summed E-state index contributed by atoms with van der Waals surface area (Å²) in [4.78, 5) is 12.2. The lowest BCUT2D eigenvalue weighted by atomic mass is 10.1. The lowest BCUT2D eigenvalue weighted by Crippen LogP contribution is -2.40. The van der Waals surface area contributed by atoms with Crippen molar-refractivity contribution >= 4 is 34.0 Å². The van der Waals surface area contributed by atoms with Crippen molar-refractivity contribution in [2.45, 2.75) is 37.0 Å². The minimum atomic E-state index is -3.56. The highest BCUT2D eigenvalue weighted by Crippen LogP contribution is 2.20. The van der Waals surface area contributed by atoms with Gasteiger partial charge in [-0.05, 0) is 37.6 Å². The second kappa shape index (κ2) is 11.5. The largest absolute Gasteiger partial charge is 0.379 e. The summed E-state index contributed by atoms with van der Waals surface area (Å²) in [5, 5.41) is 2.78. The van der Waals surface area contributed by atoms with Gasteiger partial charge in [-0.15, -0.1) is 12.4 Å². The first-order valence-corrected chi connectivity index (χ1v) is 10.2. The molecule has 9 heteroatoms. The maximum atomic E-state index is 12.6. The Bertz CT molecular complexity index is 664. The molecule has 7 nitrogen and oxygen atoms in total. The standard InChI is InChI=1S/C17H27N3O4S.ClH/c18-9-4-2-1-3-8-17(21)19-15-6-5-7-16(14-15)25(22,23)20-10-12-24-13-11-20;/h5-7,14H,1-4,8-13,18H2,(H,19,21);1H. The molecule has 1 fully saturated rings. The SMILES string of the molecule is Cl.NCCCCCCC(=O)Nc1cccc(S(=O)(=O)N2CCOCC2)c1. The van der Waals surface area contributed by atoms with Gasteiger partial charge >= 0.3 is 0 Å². The molecule has 0 radical (unpaired) electrons. The van der Waals surface area contributed by atoms with E-state index in [0.717, 1.165) is 25.7 Å². The summed E-state index contributed by atoms with van der Waals surface area (Å²) in [5.74, 6) is -0.103. The number of nitrogens with one attached hydrogen (secondary N) is 1. The first-order chi connectivity index (χ1) is 12.0. The Morgan fingerprint density at radius 1 is 1.15 bits per heavy atom. The monoisotopic (exact) mass is 405 g/mol. The van der Waals surface area contributed by atoms with E-state index in [1.807, 2.05) is 0 Å². The number of benzene rings is 1. The van der Waals surface area contributed by atoms with Crippen LogP contribution in [0.5, 0.6) is 0 Å². The number of nitrogens with zero attached hydrogens (tertiary/aromatic N) is 1. The molecular weight excluding hydrogens is 378 g/mol. The zero-order valence-corrected chi connectivity index (χ0v) is 16.5. The highest BCUT2D eigenvalue weighted by Gasteiger charge is 2.26. The van der Waals surface area contributed by atoms with Crippen molar-refractivity contribution in [3.05, 3.63) is 24.3 Å². The van der Waals surface area contributed by atoms with Gasteiger partial charge in [0.15, 0.2) is 0 Å². The van der Waals surface area contributed by atoms with Gasteiger partial charge in [0, 0.05) is 25.2 Å². The molecule has 1 amide bonds. The van der Waals surface area contributed by atoms with E-state index in [-0.39, 0.29) is 23.2 Å². The van der Waals surface area contributed by atoms with Crippen LogP contribution in [0.3, 0.4) is 0 Å². The minimum Gasteiger partial charge on any atom is -0.379 e. The number of anilines is 1. The van der Waals surface area contributed by atoms with E-state index in [2.05, 4.69) is 5.32 Å². The summed E-state index contributed by atoms with van der Waals surface area (Å²) in [7, 11) is -3.56. The van der Waals surface area contributed by atoms with E-state index in [1.165, 1.54) is 10.4 Å². The van der Waals surface area contributed by atoms with Crippen molar-refractivity contribution in [3.8, 4) is 0 Å². The number of amides is 1. The zero-order valence-electron chi connectivity index (χ0n) is 14.9. The summed E-state index contributed by atoms with van der Waals surface area (Å²) in [6.45, 7) is 2.18. The summed E-state index contributed by atoms with van der Waals surface area (Å²) < 4.78 is 31.9. The van der Waals surface area contributed by atoms with E-state index in [1.54, 1.807) is 18.2 Å². The van der Waals surface area contributed by atoms with Gasteiger partial charge in [-0.1, -0.05) is 18.9 Å². The van der Waals surface area contributed by atoms with Crippen LogP contribution in [0.4, 0.5) is 5.69 Å². The Hall–Kier alpha value is -1.19. The Morgan fingerprint density at radius 2 is 1.85 bits per heavy atom. The summed E-state index contributed by atoms with van der Waals surface area (Å²) in [5.41, 5.74) is 5.94. The second-order valence-electron chi connectivity index (χ2n) is 6.05. The van der Waals surface area contributed by atoms with Crippen molar-refractivity contribution in [2.24, 2.45) is 5.73 Å². The fourth-order valence-corrected chi connectivity index (χ4v) is 4.13. The molecule has 26 heavy (non-hydrogen) atoms. The van der Waals surface area contributed by atoms with Crippen molar-refractivity contribution in [3.63, 3.8) is 0 Å². The number of sulfonamides is 1. The highest BCUT2D eigenvalue weighted by atomic mass is 35.5. The Labute approximate surface area is 161 Å². The van der Waals surface area contributed by atoms with Crippen LogP contribution < -0.4 is 11.1 Å². The maximum absolute atomic E-state index is 12.6. The van der Waals surface area contributed by atoms with E-state index in [4.69, 9.17) is 10.5 Å². The third-order valence-electron chi connectivity index (χ3n) is 4.08. The lowest BCUT2D eigenvalue weighted by molar-refractivity contribution is -0.116. The van der Waals surface area contributed by atoms with E-state index < -0.39 is 10.0 Å². The number of hydrogen-bond acceptors (Lipinski definition) is 5. The Kier molecular flexibility index (Phi) is 10.1. The Morgan fingerprint density at radius 3 is 2.54 bits per heavy atom. The van der Waals surface area contributed by atoms with Crippen LogP contribution in [-0.4, -0.2) is 51.5 Å². The fraction of sp³-hybridized carbons (Fsp3) is 0.588. The Balaban J connectivity index is 0.00000338. The van der Waals surface area contributed by atoms with Gasteiger partial charge in [0.25, 0.3) is 0 Å². The van der Waals surface area contributed by atoms with Crippen molar-refractivity contribution < 1.29 is 17.9 Å². The molecule has 0 atom stereocenters. The predicted octanol–water partition coefficient (Wildman–Crippen LogP) is 1.98. The van der Waals surface area contributed by atoms with Gasteiger partial charge in [-0.2, -0.15) is 4.31 Å². The quantitative estimate of drug-likeness (QED) is 0.611. The maximum Gasteiger partial charge on any atom is 0.243 e. The van der Waals surface area contributed by atoms with Crippen molar-refractivity contribution in [1.29, 1.82) is 0 Å². The number of unbranched alkanes of at least 4 members (excludes halogenated alkanes) is 3. The number of nitrogens with two attached hydrogens (primary N) is 1. The average Bonchev–Trinajstić information content (AvgIpc) is 2.62. The van der Waals surface area contributed by atoms with Gasteiger partial charge < -0.3 is 15.8 Å². The first-order valence-electron chi connectivity index (χ1n) is 8.72. The van der Waals surface area contributed by atoms with Crippen molar-refractivity contribution in [2.75, 3.05) is 38.2 Å². The summed E-state index contributed by atoms with van der Waals surface area (Å²) in [6, 6.07) is 6.40. The third kappa shape index (κ3) is 6.85. The van der Waals surface area contributed by atoms with Gasteiger partial charge in [0.1, 0.15) is 0 Å². The number of rotatable bonds is 9. The minimum absolute atomic E-state index is 0. The van der Waals surface area contributed by atoms with Crippen LogP contribution in [0, 0.1) is 0 Å². The molecule has 0 unspecified atom stereocenters. The lowest BCUT2D eigenvalue weighted by Gasteiger charge is -2.26. The third-order valence-corrected chi connectivity index (χ3v) is 5.98. The smallest absolute Gasteiger partial charge is 0.243 e. The molecule has 148 valence electrons. The van der Waals surface area contributed by atoms with Crippen LogP contribution in [0.2, 0.25) is 0 Å². The van der Waals surface area contributed by atoms with Crippen LogP contribution in [0.25, 0.3) is 0 Å². The molecule has 3 N–H and O–H groups in total. The van der Waals surface area contributed by atoms with E-state index >= 15 is 0 Å². The topological polar surface area (TPSA) is 102 Å². The molecule has 1 aliphatic rings. The van der Waals surface area contributed by atoms with Gasteiger partial charge in [0.05, 0.1) is 18.1 Å². The van der Waals surface area contributed by atoms with Crippen LogP contribution >= 0.6 is 12.4 Å². The second-order valence-corrected chi connectivity index (χ2v) is 7.98. The average molecular weight is 406 g/mol. The van der Waals surface area contributed by atoms with Gasteiger partial charge in [-0.3, -0.25) is 4.79 Å². The molecule has 1 heterocycles. The highest BCUT2D eigenvalue weighted by molar-refractivity contribution is 7.89. The van der Waals surface area contributed by atoms with Crippen molar-refractivity contribution in [1.82, 2.24) is 4.31 Å². The molecule has 1 aromatic rings. The number of carbonyl (C=O) groups is 1. The molecular formula is C17H28ClN3O4S. The fourth-order valence-electron chi connectivity index (χ4n) is 2.68. The molecule has 0 aromatic heterocycles. The molecule has 0 saturated carbocycles. The number of carbonyl (C=O) groups excluding carboxylic acids is 1. The summed E-state index contributed by atoms with van der Waals surface area (Å²) in [6.07, 6.45) is 4.19. The number of ether oxygens (including phenoxy) is 1. The molecule has 0 bridgehead atoms. The van der Waals surface area contributed by atoms with E-state index in [9.17, 15) is 13.2 Å². The predicted molar refractivity (Wildman–Crippen MR) is 104 cm³/mol. The van der Waals surface area contributed by atoms with Crippen LogP contribution in [0.1, 0.15) is 32.1 Å².